The van der Waals surface area contributed by atoms with Crippen molar-refractivity contribution < 1.29 is 23.8 Å². The second-order valence-corrected chi connectivity index (χ2v) is 7.34. The Hall–Kier alpha value is -2.04. The quantitative estimate of drug-likeness (QED) is 0.537. The van der Waals surface area contributed by atoms with E-state index in [1.54, 1.807) is 22.9 Å². The van der Waals surface area contributed by atoms with Gasteiger partial charge in [-0.15, -0.1) is 5.10 Å². The van der Waals surface area contributed by atoms with E-state index in [9.17, 15) is 9.59 Å². The molecule has 0 aromatic carbocycles. The lowest BCUT2D eigenvalue weighted by Gasteiger charge is -2.35. The van der Waals surface area contributed by atoms with Crippen LogP contribution in [0.5, 0.6) is 0 Å². The van der Waals surface area contributed by atoms with Crippen molar-refractivity contribution in [1.82, 2.24) is 24.8 Å². The van der Waals surface area contributed by atoms with Gasteiger partial charge in [-0.05, 0) is 25.7 Å². The van der Waals surface area contributed by atoms with Gasteiger partial charge in [-0.25, -0.2) is 0 Å². The second-order valence-electron chi connectivity index (χ2n) is 7.34. The number of hydrogen-bond donors (Lipinski definition) is 0. The van der Waals surface area contributed by atoms with E-state index in [4.69, 9.17) is 14.2 Å². The van der Waals surface area contributed by atoms with Gasteiger partial charge in [0.2, 0.25) is 5.91 Å². The normalized spacial score (nSPS) is 20.1. The number of methoxy groups -OCH3 is 1. The smallest absolute Gasteiger partial charge is 0.276 e. The van der Waals surface area contributed by atoms with Crippen LogP contribution in [0.2, 0.25) is 0 Å². The lowest BCUT2D eigenvalue weighted by Crippen LogP contribution is -2.45. The highest BCUT2D eigenvalue weighted by Gasteiger charge is 2.27. The van der Waals surface area contributed by atoms with Crippen LogP contribution in [0, 0.1) is 0 Å². The summed E-state index contributed by atoms with van der Waals surface area (Å²) in [6.45, 7) is 4.63. The first-order valence-electron chi connectivity index (χ1n) is 10.3. The molecule has 2 aliphatic rings. The molecule has 162 valence electrons. The predicted octanol–water partition coefficient (Wildman–Crippen LogP) is 0.185. The molecule has 1 aromatic heterocycles. The van der Waals surface area contributed by atoms with Gasteiger partial charge < -0.3 is 24.0 Å². The molecule has 0 bridgehead atoms. The largest absolute Gasteiger partial charge is 0.382 e. The summed E-state index contributed by atoms with van der Waals surface area (Å²) in [4.78, 5) is 28.7. The molecule has 1 unspecified atom stereocenters. The maximum absolute atomic E-state index is 12.5. The Morgan fingerprint density at radius 3 is 2.83 bits per heavy atom. The standard InChI is InChI=1S/C19H31N5O5/c1-27-12-13-29-15-18(25)24-6-3-2-4-16(24)5-7-23-14-17(20-21-23)19(26)22-8-10-28-11-9-22/h14,16H,2-13,15H2,1H3. The van der Waals surface area contributed by atoms with Crippen LogP contribution in [0.4, 0.5) is 0 Å². The van der Waals surface area contributed by atoms with E-state index >= 15 is 0 Å². The monoisotopic (exact) mass is 409 g/mol. The molecule has 3 heterocycles. The number of morpholine rings is 1. The molecule has 0 spiro atoms. The number of rotatable bonds is 9. The molecule has 2 aliphatic heterocycles. The Bertz CT molecular complexity index is 661. The maximum atomic E-state index is 12.5. The molecular formula is C19H31N5O5. The second kappa shape index (κ2) is 11.2. The topological polar surface area (TPSA) is 99.0 Å². The Morgan fingerprint density at radius 2 is 2.03 bits per heavy atom. The van der Waals surface area contributed by atoms with E-state index in [1.807, 2.05) is 4.90 Å². The number of aryl methyl sites for hydroxylation is 1. The number of aromatic nitrogens is 3. The minimum Gasteiger partial charge on any atom is -0.382 e. The summed E-state index contributed by atoms with van der Waals surface area (Å²) in [6, 6.07) is 0.157. The molecule has 10 heteroatoms. The van der Waals surface area contributed by atoms with Gasteiger partial charge in [0.15, 0.2) is 5.69 Å². The van der Waals surface area contributed by atoms with Crippen LogP contribution in [0.1, 0.15) is 36.2 Å². The number of hydrogen-bond acceptors (Lipinski definition) is 7. The molecule has 1 aromatic rings. The summed E-state index contributed by atoms with van der Waals surface area (Å²) in [7, 11) is 1.61. The summed E-state index contributed by atoms with van der Waals surface area (Å²) < 4.78 is 17.3. The van der Waals surface area contributed by atoms with Gasteiger partial charge in [0, 0.05) is 39.3 Å². The summed E-state index contributed by atoms with van der Waals surface area (Å²) in [5.41, 5.74) is 0.356. The molecule has 2 fully saturated rings. The number of carbonyl (C=O) groups is 2. The zero-order valence-electron chi connectivity index (χ0n) is 17.1. The predicted molar refractivity (Wildman–Crippen MR) is 103 cm³/mol. The number of amides is 2. The molecule has 0 radical (unpaired) electrons. The zero-order chi connectivity index (χ0) is 20.5. The van der Waals surface area contributed by atoms with Crippen molar-refractivity contribution in [3.8, 4) is 0 Å². The Labute approximate surface area is 171 Å². The molecule has 3 rings (SSSR count). The van der Waals surface area contributed by atoms with Crippen LogP contribution >= 0.6 is 0 Å². The van der Waals surface area contributed by atoms with Gasteiger partial charge in [0.1, 0.15) is 6.61 Å². The fraction of sp³-hybridized carbons (Fsp3) is 0.789. The zero-order valence-corrected chi connectivity index (χ0v) is 17.1. The van der Waals surface area contributed by atoms with Crippen molar-refractivity contribution in [3.63, 3.8) is 0 Å². The minimum atomic E-state index is -0.109. The highest BCUT2D eigenvalue weighted by atomic mass is 16.5. The van der Waals surface area contributed by atoms with E-state index in [2.05, 4.69) is 10.3 Å². The fourth-order valence-corrected chi connectivity index (χ4v) is 3.73. The SMILES string of the molecule is COCCOCC(=O)N1CCCCC1CCn1cc(C(=O)N2CCOCC2)nn1. The molecule has 0 saturated carbocycles. The third-order valence-electron chi connectivity index (χ3n) is 5.35. The van der Waals surface area contributed by atoms with Gasteiger partial charge in [-0.2, -0.15) is 0 Å². The van der Waals surface area contributed by atoms with E-state index in [0.717, 1.165) is 32.2 Å². The van der Waals surface area contributed by atoms with Crippen LogP contribution in [0.15, 0.2) is 6.20 Å². The highest BCUT2D eigenvalue weighted by molar-refractivity contribution is 5.92. The van der Waals surface area contributed by atoms with Crippen molar-refractivity contribution in [2.24, 2.45) is 0 Å². The van der Waals surface area contributed by atoms with Crippen LogP contribution in [-0.4, -0.2) is 102 Å². The van der Waals surface area contributed by atoms with Crippen LogP contribution in [-0.2, 0) is 25.5 Å². The van der Waals surface area contributed by atoms with Crippen molar-refractivity contribution >= 4 is 11.8 Å². The summed E-state index contributed by atoms with van der Waals surface area (Å²) in [5, 5.41) is 8.14. The Kier molecular flexibility index (Phi) is 8.38. The summed E-state index contributed by atoms with van der Waals surface area (Å²) >= 11 is 0. The number of likely N-dealkylation sites (tertiary alicyclic amines) is 1. The van der Waals surface area contributed by atoms with Crippen LogP contribution in [0.3, 0.4) is 0 Å². The average Bonchev–Trinajstić information content (AvgIpc) is 3.24. The first-order valence-corrected chi connectivity index (χ1v) is 10.3. The van der Waals surface area contributed by atoms with E-state index in [1.165, 1.54) is 0 Å². The molecule has 10 nitrogen and oxygen atoms in total. The van der Waals surface area contributed by atoms with Crippen molar-refractivity contribution in [2.75, 3.05) is 59.8 Å². The van der Waals surface area contributed by atoms with Gasteiger partial charge in [-0.1, -0.05) is 5.21 Å². The fourth-order valence-electron chi connectivity index (χ4n) is 3.73. The van der Waals surface area contributed by atoms with Crippen molar-refractivity contribution in [3.05, 3.63) is 11.9 Å². The van der Waals surface area contributed by atoms with E-state index < -0.39 is 0 Å². The Balaban J connectivity index is 1.49. The number of carbonyl (C=O) groups excluding carboxylic acids is 2. The van der Waals surface area contributed by atoms with Crippen LogP contribution < -0.4 is 0 Å². The number of piperidine rings is 1. The lowest BCUT2D eigenvalue weighted by molar-refractivity contribution is -0.140. The van der Waals surface area contributed by atoms with Gasteiger partial charge in [0.25, 0.3) is 5.91 Å². The molecule has 29 heavy (non-hydrogen) atoms. The Morgan fingerprint density at radius 1 is 1.21 bits per heavy atom. The first kappa shape index (κ1) is 21.7. The van der Waals surface area contributed by atoms with Crippen molar-refractivity contribution in [2.45, 2.75) is 38.3 Å². The molecule has 0 aliphatic carbocycles. The molecule has 0 N–H and O–H groups in total. The molecule has 2 amide bonds. The van der Waals surface area contributed by atoms with E-state index in [-0.39, 0.29) is 24.5 Å². The van der Waals surface area contributed by atoms with Gasteiger partial charge in [0.05, 0.1) is 32.6 Å². The van der Waals surface area contributed by atoms with Gasteiger partial charge >= 0.3 is 0 Å². The van der Waals surface area contributed by atoms with Gasteiger partial charge in [-0.3, -0.25) is 14.3 Å². The third-order valence-corrected chi connectivity index (χ3v) is 5.35. The summed E-state index contributed by atoms with van der Waals surface area (Å²) in [5.74, 6) is -0.0881. The lowest BCUT2D eigenvalue weighted by atomic mass is 9.99. The van der Waals surface area contributed by atoms with Crippen LogP contribution in [0.25, 0.3) is 0 Å². The maximum Gasteiger partial charge on any atom is 0.276 e. The number of ether oxygens (including phenoxy) is 3. The molecular weight excluding hydrogens is 378 g/mol. The highest BCUT2D eigenvalue weighted by Crippen LogP contribution is 2.20. The van der Waals surface area contributed by atoms with E-state index in [0.29, 0.717) is 51.8 Å². The average molecular weight is 409 g/mol. The molecule has 1 atom stereocenters. The first-order chi connectivity index (χ1) is 14.2. The molecule has 2 saturated heterocycles. The van der Waals surface area contributed by atoms with Crippen molar-refractivity contribution in [1.29, 1.82) is 0 Å². The minimum absolute atomic E-state index is 0.0209. The third kappa shape index (κ3) is 6.22. The number of nitrogens with zero attached hydrogens (tertiary/aromatic N) is 5. The summed E-state index contributed by atoms with van der Waals surface area (Å²) in [6.07, 6.45) is 5.57.